The highest BCUT2D eigenvalue weighted by atomic mass is 16.6. The first kappa shape index (κ1) is 21.5. The summed E-state index contributed by atoms with van der Waals surface area (Å²) in [5, 5.41) is 22.4. The van der Waals surface area contributed by atoms with E-state index in [0.717, 1.165) is 12.8 Å². The summed E-state index contributed by atoms with van der Waals surface area (Å²) in [6.07, 6.45) is 1.35. The van der Waals surface area contributed by atoms with Crippen LogP contribution in [0.25, 0.3) is 5.76 Å². The molecule has 2 fully saturated rings. The van der Waals surface area contributed by atoms with Crippen LogP contribution in [0.3, 0.4) is 0 Å². The van der Waals surface area contributed by atoms with Crippen molar-refractivity contribution in [3.8, 4) is 5.75 Å². The fourth-order valence-electron chi connectivity index (χ4n) is 4.14. The molecule has 1 amide bonds. The van der Waals surface area contributed by atoms with E-state index in [1.807, 2.05) is 0 Å². The highest BCUT2D eigenvalue weighted by molar-refractivity contribution is 6.46. The fourth-order valence-corrected chi connectivity index (χ4v) is 4.14. The number of hydrogen-bond acceptors (Lipinski definition) is 7. The second kappa shape index (κ2) is 8.80. The number of nitro benzene ring substituents is 1. The molecule has 32 heavy (non-hydrogen) atoms. The molecule has 2 saturated heterocycles. The molecule has 2 atom stereocenters. The monoisotopic (exact) mass is 438 g/mol. The number of ether oxygens (including phenoxy) is 2. The van der Waals surface area contributed by atoms with E-state index in [9.17, 15) is 24.8 Å². The number of nitro groups is 1. The maximum atomic E-state index is 13.0. The first-order chi connectivity index (χ1) is 15.4. The molecular formula is C23H22N2O7. The minimum Gasteiger partial charge on any atom is -0.507 e. The standard InChI is InChI=1S/C23H22N2O7/c1-31-17-9-7-14(8-10-17)21(26)19-20(15-4-2-5-16(12-15)25(29)30)24(23(28)22(19)27)13-18-6-3-11-32-18/h2,4-5,7-10,12,18,20,26H,3,6,11,13H2,1H3/b21-19+/t18-,20+/m1/s1. The smallest absolute Gasteiger partial charge is 0.295 e. The Hall–Kier alpha value is -3.72. The summed E-state index contributed by atoms with van der Waals surface area (Å²) in [6.45, 7) is 0.721. The van der Waals surface area contributed by atoms with Gasteiger partial charge in [0.1, 0.15) is 11.5 Å². The van der Waals surface area contributed by atoms with Crippen molar-refractivity contribution in [2.45, 2.75) is 25.0 Å². The molecule has 0 bridgehead atoms. The van der Waals surface area contributed by atoms with Gasteiger partial charge in [0.15, 0.2) is 0 Å². The van der Waals surface area contributed by atoms with Crippen molar-refractivity contribution in [1.82, 2.24) is 4.90 Å². The Morgan fingerprint density at radius 3 is 2.62 bits per heavy atom. The molecule has 2 aliphatic heterocycles. The molecule has 0 saturated carbocycles. The van der Waals surface area contributed by atoms with E-state index < -0.39 is 22.7 Å². The van der Waals surface area contributed by atoms with Crippen molar-refractivity contribution in [3.05, 3.63) is 75.3 Å². The van der Waals surface area contributed by atoms with Crippen LogP contribution in [0.5, 0.6) is 5.75 Å². The maximum absolute atomic E-state index is 13.0. The largest absolute Gasteiger partial charge is 0.507 e. The summed E-state index contributed by atoms with van der Waals surface area (Å²) in [6, 6.07) is 11.2. The molecule has 9 heteroatoms. The summed E-state index contributed by atoms with van der Waals surface area (Å²) in [7, 11) is 1.51. The number of benzene rings is 2. The minimum absolute atomic E-state index is 0.112. The zero-order valence-electron chi connectivity index (χ0n) is 17.4. The quantitative estimate of drug-likeness (QED) is 0.242. The van der Waals surface area contributed by atoms with Crippen LogP contribution in [0.2, 0.25) is 0 Å². The first-order valence-corrected chi connectivity index (χ1v) is 10.2. The van der Waals surface area contributed by atoms with E-state index in [4.69, 9.17) is 9.47 Å². The van der Waals surface area contributed by atoms with Gasteiger partial charge in [-0.3, -0.25) is 19.7 Å². The van der Waals surface area contributed by atoms with Gasteiger partial charge < -0.3 is 19.5 Å². The van der Waals surface area contributed by atoms with Crippen molar-refractivity contribution in [1.29, 1.82) is 0 Å². The molecule has 166 valence electrons. The van der Waals surface area contributed by atoms with Gasteiger partial charge in [0.2, 0.25) is 0 Å². The molecule has 0 spiro atoms. The lowest BCUT2D eigenvalue weighted by atomic mass is 9.95. The van der Waals surface area contributed by atoms with E-state index in [2.05, 4.69) is 0 Å². The fraction of sp³-hybridized carbons (Fsp3) is 0.304. The van der Waals surface area contributed by atoms with E-state index in [0.29, 0.717) is 23.5 Å². The molecule has 2 aromatic carbocycles. The van der Waals surface area contributed by atoms with E-state index in [1.54, 1.807) is 30.3 Å². The predicted molar refractivity (Wildman–Crippen MR) is 114 cm³/mol. The number of aliphatic hydroxyl groups excluding tert-OH is 1. The van der Waals surface area contributed by atoms with Crippen LogP contribution in [-0.2, 0) is 14.3 Å². The van der Waals surface area contributed by atoms with Gasteiger partial charge in [-0.05, 0) is 42.7 Å². The van der Waals surface area contributed by atoms with Crippen LogP contribution in [0.4, 0.5) is 5.69 Å². The van der Waals surface area contributed by atoms with Gasteiger partial charge in [-0.1, -0.05) is 12.1 Å². The molecule has 0 aliphatic carbocycles. The average Bonchev–Trinajstić information content (AvgIpc) is 3.41. The third-order valence-corrected chi connectivity index (χ3v) is 5.72. The van der Waals surface area contributed by atoms with Crippen molar-refractivity contribution in [2.75, 3.05) is 20.3 Å². The normalized spacial score (nSPS) is 22.3. The predicted octanol–water partition coefficient (Wildman–Crippen LogP) is 3.20. The number of rotatable bonds is 6. The van der Waals surface area contributed by atoms with Crippen molar-refractivity contribution >= 4 is 23.1 Å². The average molecular weight is 438 g/mol. The van der Waals surface area contributed by atoms with Gasteiger partial charge in [0.05, 0.1) is 29.8 Å². The number of nitrogens with zero attached hydrogens (tertiary/aromatic N) is 2. The van der Waals surface area contributed by atoms with E-state index in [-0.39, 0.29) is 29.7 Å². The van der Waals surface area contributed by atoms with Crippen molar-refractivity contribution in [2.24, 2.45) is 0 Å². The molecule has 9 nitrogen and oxygen atoms in total. The minimum atomic E-state index is -0.971. The lowest BCUT2D eigenvalue weighted by Gasteiger charge is -2.27. The summed E-state index contributed by atoms with van der Waals surface area (Å²) in [5.74, 6) is -1.40. The number of methoxy groups -OCH3 is 1. The number of Topliss-reactive ketones (excluding diaryl/α,β-unsaturated/α-hetero) is 1. The number of carbonyl (C=O) groups is 2. The zero-order chi connectivity index (χ0) is 22.8. The number of likely N-dealkylation sites (tertiary alicyclic amines) is 1. The van der Waals surface area contributed by atoms with Gasteiger partial charge in [-0.15, -0.1) is 0 Å². The SMILES string of the molecule is COc1ccc(/C(O)=C2\C(=O)C(=O)N(C[C@H]3CCCO3)[C@H]2c2cccc([N+](=O)[O-])c2)cc1. The Morgan fingerprint density at radius 2 is 2.00 bits per heavy atom. The van der Waals surface area contributed by atoms with Crippen LogP contribution in [0.1, 0.15) is 30.0 Å². The van der Waals surface area contributed by atoms with Gasteiger partial charge >= 0.3 is 0 Å². The van der Waals surface area contributed by atoms with Crippen LogP contribution in [0, 0.1) is 10.1 Å². The molecular weight excluding hydrogens is 416 g/mol. The summed E-state index contributed by atoms with van der Waals surface area (Å²) < 4.78 is 10.8. The Bertz CT molecular complexity index is 1090. The Kier molecular flexibility index (Phi) is 5.91. The number of ketones is 1. The molecule has 0 radical (unpaired) electrons. The molecule has 0 unspecified atom stereocenters. The topological polar surface area (TPSA) is 119 Å². The van der Waals surface area contributed by atoms with Gasteiger partial charge in [0.25, 0.3) is 17.4 Å². The third-order valence-electron chi connectivity index (χ3n) is 5.72. The molecule has 2 aromatic rings. The molecule has 0 aromatic heterocycles. The lowest BCUT2D eigenvalue weighted by molar-refractivity contribution is -0.384. The van der Waals surface area contributed by atoms with Gasteiger partial charge in [-0.2, -0.15) is 0 Å². The Morgan fingerprint density at radius 1 is 1.25 bits per heavy atom. The van der Waals surface area contributed by atoms with Gasteiger partial charge in [0, 0.05) is 30.8 Å². The van der Waals surface area contributed by atoms with Gasteiger partial charge in [-0.25, -0.2) is 0 Å². The van der Waals surface area contributed by atoms with Crippen LogP contribution in [-0.4, -0.2) is 53.0 Å². The van der Waals surface area contributed by atoms with Crippen LogP contribution < -0.4 is 4.74 Å². The number of hydrogen-bond donors (Lipinski definition) is 1. The first-order valence-electron chi connectivity index (χ1n) is 10.2. The lowest BCUT2D eigenvalue weighted by Crippen LogP contribution is -2.36. The molecule has 2 heterocycles. The van der Waals surface area contributed by atoms with Crippen molar-refractivity contribution in [3.63, 3.8) is 0 Å². The second-order valence-corrected chi connectivity index (χ2v) is 7.67. The van der Waals surface area contributed by atoms with E-state index in [1.165, 1.54) is 30.2 Å². The van der Waals surface area contributed by atoms with Crippen LogP contribution >= 0.6 is 0 Å². The van der Waals surface area contributed by atoms with E-state index >= 15 is 0 Å². The van der Waals surface area contributed by atoms with Crippen molar-refractivity contribution < 1.29 is 29.1 Å². The third kappa shape index (κ3) is 3.94. The summed E-state index contributed by atoms with van der Waals surface area (Å²) in [4.78, 5) is 38.1. The zero-order valence-corrected chi connectivity index (χ0v) is 17.4. The highest BCUT2D eigenvalue weighted by Crippen LogP contribution is 2.41. The molecule has 1 N–H and O–H groups in total. The molecule has 2 aliphatic rings. The summed E-state index contributed by atoms with van der Waals surface area (Å²) in [5.41, 5.74) is 0.413. The highest BCUT2D eigenvalue weighted by Gasteiger charge is 2.47. The molecule has 4 rings (SSSR count). The Balaban J connectivity index is 1.83. The maximum Gasteiger partial charge on any atom is 0.295 e. The second-order valence-electron chi connectivity index (χ2n) is 7.67. The summed E-state index contributed by atoms with van der Waals surface area (Å²) >= 11 is 0. The Labute approximate surface area is 184 Å². The van der Waals surface area contributed by atoms with Crippen LogP contribution in [0.15, 0.2) is 54.1 Å². The number of non-ortho nitro benzene ring substituents is 1. The number of carbonyl (C=O) groups excluding carboxylic acids is 2. The number of amides is 1. The number of aliphatic hydroxyl groups is 1.